The van der Waals surface area contributed by atoms with Gasteiger partial charge in [0.2, 0.25) is 0 Å². The Hall–Kier alpha value is -0.100. The molecule has 2 aliphatic rings. The van der Waals surface area contributed by atoms with Crippen LogP contribution in [0.25, 0.3) is 0 Å². The van der Waals surface area contributed by atoms with E-state index >= 15 is 0 Å². The average Bonchev–Trinajstić information content (AvgIpc) is 2.37. The SMILES string of the molecule is CC(S)N[C@H]1C[C@H](OC2CCN(CC(=O)C(C)C)CC2)C1. The van der Waals surface area contributed by atoms with E-state index in [1.54, 1.807) is 0 Å². The third kappa shape index (κ3) is 5.55. The van der Waals surface area contributed by atoms with Gasteiger partial charge >= 0.3 is 0 Å². The lowest BCUT2D eigenvalue weighted by Crippen LogP contribution is -2.49. The number of ether oxygens (including phenoxy) is 1. The maximum Gasteiger partial charge on any atom is 0.149 e. The lowest BCUT2D eigenvalue weighted by molar-refractivity contribution is -0.124. The number of piperidine rings is 1. The number of carbonyl (C=O) groups excluding carboxylic acids is 1. The first-order valence-corrected chi connectivity index (χ1v) is 8.80. The number of hydrogen-bond acceptors (Lipinski definition) is 5. The average molecular weight is 314 g/mol. The summed E-state index contributed by atoms with van der Waals surface area (Å²) in [5.41, 5.74) is 0. The number of nitrogens with one attached hydrogen (secondary N) is 1. The van der Waals surface area contributed by atoms with Gasteiger partial charge in [0.1, 0.15) is 5.78 Å². The summed E-state index contributed by atoms with van der Waals surface area (Å²) in [6.07, 6.45) is 5.14. The second-order valence-corrected chi connectivity index (χ2v) is 7.64. The van der Waals surface area contributed by atoms with Crippen LogP contribution in [0, 0.1) is 5.92 Å². The fraction of sp³-hybridized carbons (Fsp3) is 0.938. The van der Waals surface area contributed by atoms with Gasteiger partial charge in [0.15, 0.2) is 0 Å². The van der Waals surface area contributed by atoms with Crippen LogP contribution in [0.4, 0.5) is 0 Å². The maximum atomic E-state index is 11.8. The summed E-state index contributed by atoms with van der Waals surface area (Å²) >= 11 is 4.35. The van der Waals surface area contributed by atoms with Gasteiger partial charge in [-0.2, -0.15) is 12.6 Å². The molecule has 0 aromatic carbocycles. The van der Waals surface area contributed by atoms with E-state index < -0.39 is 0 Å². The fourth-order valence-corrected chi connectivity index (χ4v) is 3.24. The van der Waals surface area contributed by atoms with Crippen molar-refractivity contribution in [1.29, 1.82) is 0 Å². The second-order valence-electron chi connectivity index (χ2n) is 6.87. The topological polar surface area (TPSA) is 41.6 Å². The zero-order valence-electron chi connectivity index (χ0n) is 13.5. The number of rotatable bonds is 7. The van der Waals surface area contributed by atoms with Gasteiger partial charge < -0.3 is 10.1 Å². The normalized spacial score (nSPS) is 29.4. The van der Waals surface area contributed by atoms with Gasteiger partial charge in [0, 0.05) is 30.4 Å². The molecule has 1 saturated heterocycles. The van der Waals surface area contributed by atoms with E-state index in [1.165, 1.54) is 0 Å². The van der Waals surface area contributed by atoms with Crippen molar-refractivity contribution >= 4 is 18.4 Å². The molecule has 1 atom stereocenters. The standard InChI is InChI=1S/C16H30N2O2S/c1-11(2)16(19)10-18-6-4-14(5-7-18)20-15-8-13(9-15)17-12(3)21/h11-15,17,21H,4-10H2,1-3H3/t12?,13-,15-. The van der Waals surface area contributed by atoms with Crippen LogP contribution in [0.3, 0.4) is 0 Å². The van der Waals surface area contributed by atoms with E-state index in [9.17, 15) is 4.79 Å². The number of likely N-dealkylation sites (tertiary alicyclic amines) is 1. The lowest BCUT2D eigenvalue weighted by atomic mass is 9.88. The van der Waals surface area contributed by atoms with Gasteiger partial charge in [-0.05, 0) is 32.6 Å². The molecule has 1 saturated carbocycles. The predicted molar refractivity (Wildman–Crippen MR) is 88.8 cm³/mol. The third-order valence-electron chi connectivity index (χ3n) is 4.51. The number of Topliss-reactive ketones (excluding diaryl/α,β-unsaturated/α-hetero) is 1. The minimum atomic E-state index is 0.146. The van der Waals surface area contributed by atoms with E-state index in [2.05, 4.69) is 29.8 Å². The smallest absolute Gasteiger partial charge is 0.149 e. The van der Waals surface area contributed by atoms with Crippen molar-refractivity contribution in [2.75, 3.05) is 19.6 Å². The summed E-state index contributed by atoms with van der Waals surface area (Å²) < 4.78 is 6.16. The Bertz CT molecular complexity index is 335. The Morgan fingerprint density at radius 2 is 1.86 bits per heavy atom. The zero-order valence-corrected chi connectivity index (χ0v) is 14.4. The predicted octanol–water partition coefficient (Wildman–Crippen LogP) is 2.09. The van der Waals surface area contributed by atoms with Gasteiger partial charge in [0.05, 0.1) is 18.8 Å². The molecule has 5 heteroatoms. The van der Waals surface area contributed by atoms with Gasteiger partial charge in [-0.25, -0.2) is 0 Å². The Labute approximate surface area is 134 Å². The summed E-state index contributed by atoms with van der Waals surface area (Å²) in [6, 6.07) is 0.575. The second kappa shape index (κ2) is 7.95. The summed E-state index contributed by atoms with van der Waals surface area (Å²) in [5.74, 6) is 0.496. The molecule has 21 heavy (non-hydrogen) atoms. The highest BCUT2D eigenvalue weighted by Gasteiger charge is 2.33. The van der Waals surface area contributed by atoms with Crippen molar-refractivity contribution in [2.24, 2.45) is 5.92 Å². The molecule has 4 nitrogen and oxygen atoms in total. The van der Waals surface area contributed by atoms with Crippen molar-refractivity contribution < 1.29 is 9.53 Å². The molecular formula is C16H30N2O2S. The molecule has 1 unspecified atom stereocenters. The molecule has 0 amide bonds. The molecule has 0 aromatic rings. The number of ketones is 1. The minimum absolute atomic E-state index is 0.146. The highest BCUT2D eigenvalue weighted by atomic mass is 32.1. The molecular weight excluding hydrogens is 284 g/mol. The van der Waals surface area contributed by atoms with E-state index in [0.717, 1.165) is 38.8 Å². The highest BCUT2D eigenvalue weighted by Crippen LogP contribution is 2.27. The van der Waals surface area contributed by atoms with Crippen LogP contribution in [0.5, 0.6) is 0 Å². The van der Waals surface area contributed by atoms with Crippen LogP contribution in [0.1, 0.15) is 46.5 Å². The molecule has 2 fully saturated rings. The zero-order chi connectivity index (χ0) is 15.4. The summed E-state index contributed by atoms with van der Waals surface area (Å²) in [6.45, 7) is 8.61. The van der Waals surface area contributed by atoms with Crippen molar-refractivity contribution in [2.45, 2.75) is 70.1 Å². The quantitative estimate of drug-likeness (QED) is 0.558. The first-order valence-electron chi connectivity index (χ1n) is 8.28. The third-order valence-corrected chi connectivity index (χ3v) is 4.66. The van der Waals surface area contributed by atoms with Gasteiger partial charge in [0.25, 0.3) is 0 Å². The molecule has 0 aromatic heterocycles. The minimum Gasteiger partial charge on any atom is -0.375 e. The summed E-state index contributed by atoms with van der Waals surface area (Å²) in [4.78, 5) is 14.0. The van der Waals surface area contributed by atoms with E-state index in [-0.39, 0.29) is 11.3 Å². The molecule has 0 spiro atoms. The number of thiol groups is 1. The molecule has 1 aliphatic heterocycles. The first kappa shape index (κ1) is 17.3. The lowest BCUT2D eigenvalue weighted by Gasteiger charge is -2.41. The van der Waals surface area contributed by atoms with Crippen LogP contribution >= 0.6 is 12.6 Å². The van der Waals surface area contributed by atoms with Crippen molar-refractivity contribution in [1.82, 2.24) is 10.2 Å². The van der Waals surface area contributed by atoms with E-state index in [1.807, 2.05) is 13.8 Å². The van der Waals surface area contributed by atoms with Crippen molar-refractivity contribution in [3.05, 3.63) is 0 Å². The van der Waals surface area contributed by atoms with Gasteiger partial charge in [-0.3, -0.25) is 9.69 Å². The molecule has 0 bridgehead atoms. The fourth-order valence-electron chi connectivity index (χ4n) is 3.03. The number of carbonyl (C=O) groups is 1. The number of hydrogen-bond donors (Lipinski definition) is 2. The Balaban J connectivity index is 1.59. The Morgan fingerprint density at radius 3 is 2.38 bits per heavy atom. The number of nitrogens with zero attached hydrogens (tertiary/aromatic N) is 1. The largest absolute Gasteiger partial charge is 0.375 e. The molecule has 2 rings (SSSR count). The first-order chi connectivity index (χ1) is 9.94. The van der Waals surface area contributed by atoms with Crippen LogP contribution in [-0.2, 0) is 9.53 Å². The van der Waals surface area contributed by atoms with Gasteiger partial charge in [-0.1, -0.05) is 13.8 Å². The van der Waals surface area contributed by atoms with Crippen molar-refractivity contribution in [3.8, 4) is 0 Å². The van der Waals surface area contributed by atoms with E-state index in [0.29, 0.717) is 30.6 Å². The molecule has 1 heterocycles. The summed E-state index contributed by atoms with van der Waals surface area (Å²) in [5, 5.41) is 3.69. The highest BCUT2D eigenvalue weighted by molar-refractivity contribution is 7.80. The Morgan fingerprint density at radius 1 is 1.24 bits per heavy atom. The maximum absolute atomic E-state index is 11.8. The van der Waals surface area contributed by atoms with Crippen molar-refractivity contribution in [3.63, 3.8) is 0 Å². The molecule has 122 valence electrons. The molecule has 1 N–H and O–H groups in total. The van der Waals surface area contributed by atoms with Crippen LogP contribution in [0.15, 0.2) is 0 Å². The van der Waals surface area contributed by atoms with Gasteiger partial charge in [-0.15, -0.1) is 0 Å². The van der Waals surface area contributed by atoms with Crippen LogP contribution < -0.4 is 5.32 Å². The van der Waals surface area contributed by atoms with E-state index in [4.69, 9.17) is 4.74 Å². The summed E-state index contributed by atoms with van der Waals surface area (Å²) in [7, 11) is 0. The van der Waals surface area contributed by atoms with Crippen LogP contribution in [-0.4, -0.2) is 53.9 Å². The Kier molecular flexibility index (Phi) is 6.53. The van der Waals surface area contributed by atoms with Crippen LogP contribution in [0.2, 0.25) is 0 Å². The molecule has 0 radical (unpaired) electrons. The monoisotopic (exact) mass is 314 g/mol. The molecule has 1 aliphatic carbocycles.